The van der Waals surface area contributed by atoms with Crippen molar-refractivity contribution in [1.82, 2.24) is 4.98 Å². The van der Waals surface area contributed by atoms with E-state index >= 15 is 0 Å². The first-order valence-electron chi connectivity index (χ1n) is 9.80. The van der Waals surface area contributed by atoms with Gasteiger partial charge in [0.25, 0.3) is 6.33 Å². The number of hydrogen-bond acceptors (Lipinski definition) is 2. The van der Waals surface area contributed by atoms with Crippen molar-refractivity contribution >= 4 is 46.7 Å². The van der Waals surface area contributed by atoms with E-state index < -0.39 is 8.07 Å². The van der Waals surface area contributed by atoms with Gasteiger partial charge < -0.3 is 0 Å². The molecule has 2 nitrogen and oxygen atoms in total. The van der Waals surface area contributed by atoms with Gasteiger partial charge in [-0.25, -0.2) is 4.57 Å². The normalized spacial score (nSPS) is 13.2. The summed E-state index contributed by atoms with van der Waals surface area (Å²) in [5.74, 6) is 0. The molecule has 0 unspecified atom stereocenters. The summed E-state index contributed by atoms with van der Waals surface area (Å²) in [5.41, 5.74) is 6.57. The first kappa shape index (κ1) is 17.9. The molecule has 0 bridgehead atoms. The van der Waals surface area contributed by atoms with Crippen LogP contribution in [0.4, 0.5) is 0 Å². The number of rotatable bonds is 1. The fourth-order valence-electron chi connectivity index (χ4n) is 4.41. The van der Waals surface area contributed by atoms with Gasteiger partial charge in [-0.3, -0.25) is 0 Å². The molecule has 0 radical (unpaired) electrons. The molecule has 2 heterocycles. The van der Waals surface area contributed by atoms with Gasteiger partial charge in [-0.1, -0.05) is 60.9 Å². The summed E-state index contributed by atoms with van der Waals surface area (Å²) in [7, 11) is 0.702. The van der Waals surface area contributed by atoms with Crippen molar-refractivity contribution in [3.8, 4) is 11.3 Å². The minimum Gasteiger partial charge on any atom is -0.232 e. The van der Waals surface area contributed by atoms with Gasteiger partial charge in [0, 0.05) is 15.4 Å². The smallest absolute Gasteiger partial charge is 0.232 e. The van der Waals surface area contributed by atoms with Crippen LogP contribution in [0, 0.1) is 13.8 Å². The van der Waals surface area contributed by atoms with E-state index in [9.17, 15) is 0 Å². The van der Waals surface area contributed by atoms with Crippen LogP contribution in [0.25, 0.3) is 32.9 Å². The van der Waals surface area contributed by atoms with Gasteiger partial charge in [0.1, 0.15) is 5.69 Å². The molecule has 4 aromatic rings. The van der Waals surface area contributed by atoms with E-state index in [1.165, 1.54) is 53.5 Å². The molecule has 0 amide bonds. The van der Waals surface area contributed by atoms with Crippen LogP contribution >= 0.6 is 11.8 Å². The fourth-order valence-corrected chi connectivity index (χ4v) is 6.99. The fraction of sp³-hybridized carbons (Fsp3) is 0.250. The predicted molar refractivity (Wildman–Crippen MR) is 122 cm³/mol. The van der Waals surface area contributed by atoms with Gasteiger partial charge in [0.15, 0.2) is 5.52 Å². The lowest BCUT2D eigenvalue weighted by atomic mass is 9.92. The van der Waals surface area contributed by atoms with Crippen LogP contribution in [0.5, 0.6) is 0 Å². The molecule has 1 aliphatic heterocycles. The molecule has 0 saturated carbocycles. The highest BCUT2D eigenvalue weighted by Crippen LogP contribution is 2.50. The second-order valence-electron chi connectivity index (χ2n) is 8.92. The van der Waals surface area contributed by atoms with Gasteiger partial charge in [-0.15, -0.1) is 0 Å². The van der Waals surface area contributed by atoms with Crippen LogP contribution in [0.3, 0.4) is 0 Å². The van der Waals surface area contributed by atoms with Gasteiger partial charge >= 0.3 is 0 Å². The van der Waals surface area contributed by atoms with E-state index in [4.69, 9.17) is 4.98 Å². The van der Waals surface area contributed by atoms with Gasteiger partial charge in [-0.2, -0.15) is 0 Å². The molecule has 1 aromatic heterocycles. The Morgan fingerprint density at radius 2 is 1.64 bits per heavy atom. The van der Waals surface area contributed by atoms with E-state index in [1.54, 1.807) is 0 Å². The quantitative estimate of drug-likeness (QED) is 0.272. The average Bonchev–Trinajstić information content (AvgIpc) is 2.67. The average molecular weight is 402 g/mol. The maximum Gasteiger partial charge on any atom is 0.287 e. The summed E-state index contributed by atoms with van der Waals surface area (Å²) in [6.45, 7) is 11.8. The second kappa shape index (κ2) is 5.91. The molecule has 3 aromatic carbocycles. The molecular weight excluding hydrogens is 376 g/mol. The van der Waals surface area contributed by atoms with Gasteiger partial charge in [0.05, 0.1) is 20.5 Å². The standard InChI is InChI=1S/C24H25N2SSi/c1-14-17-9-7-8-10-18(17)15(2)24-21(14)23-22-19(25-13-26(23)3)11-16(28(4,5)6)12-20(22)27-24/h7-13H,1-6H3/q+1. The van der Waals surface area contributed by atoms with Crippen molar-refractivity contribution in [2.24, 2.45) is 7.05 Å². The zero-order valence-electron chi connectivity index (χ0n) is 17.3. The maximum absolute atomic E-state index is 4.82. The molecule has 5 rings (SSSR count). The minimum atomic E-state index is -1.43. The lowest BCUT2D eigenvalue weighted by Gasteiger charge is -2.25. The molecule has 0 saturated heterocycles. The molecule has 28 heavy (non-hydrogen) atoms. The zero-order valence-corrected chi connectivity index (χ0v) is 19.2. The highest BCUT2D eigenvalue weighted by molar-refractivity contribution is 8.00. The molecule has 0 fully saturated rings. The van der Waals surface area contributed by atoms with E-state index in [2.05, 4.69) is 81.5 Å². The predicted octanol–water partition coefficient (Wildman–Crippen LogP) is 5.51. The Kier molecular flexibility index (Phi) is 3.78. The highest BCUT2D eigenvalue weighted by Gasteiger charge is 2.31. The molecule has 4 heteroatoms. The molecule has 0 N–H and O–H groups in total. The van der Waals surface area contributed by atoms with Crippen LogP contribution < -0.4 is 9.75 Å². The summed E-state index contributed by atoms with van der Waals surface area (Å²) in [6.07, 6.45) is 1.99. The summed E-state index contributed by atoms with van der Waals surface area (Å²) in [6, 6.07) is 13.6. The Morgan fingerprint density at radius 3 is 2.32 bits per heavy atom. The van der Waals surface area contributed by atoms with Crippen molar-refractivity contribution in [3.05, 3.63) is 53.9 Å². The van der Waals surface area contributed by atoms with Crippen molar-refractivity contribution in [3.63, 3.8) is 0 Å². The second-order valence-corrected chi connectivity index (χ2v) is 15.1. The zero-order chi connectivity index (χ0) is 19.8. The van der Waals surface area contributed by atoms with Crippen LogP contribution in [-0.4, -0.2) is 13.1 Å². The Labute approximate surface area is 171 Å². The first-order valence-corrected chi connectivity index (χ1v) is 14.1. The highest BCUT2D eigenvalue weighted by atomic mass is 32.2. The van der Waals surface area contributed by atoms with E-state index in [-0.39, 0.29) is 0 Å². The summed E-state index contributed by atoms with van der Waals surface area (Å²) in [4.78, 5) is 7.58. The Bertz CT molecular complexity index is 1300. The maximum atomic E-state index is 4.82. The Morgan fingerprint density at radius 1 is 0.964 bits per heavy atom. The van der Waals surface area contributed by atoms with Crippen molar-refractivity contribution in [2.75, 3.05) is 0 Å². The number of fused-ring (bicyclic) bond motifs is 3. The molecular formula is C24H25N2SSi+. The Hall–Kier alpha value is -2.17. The van der Waals surface area contributed by atoms with Crippen molar-refractivity contribution < 1.29 is 4.57 Å². The topological polar surface area (TPSA) is 16.8 Å². The lowest BCUT2D eigenvalue weighted by molar-refractivity contribution is -0.662. The molecule has 0 spiro atoms. The minimum absolute atomic E-state index is 1.13. The lowest BCUT2D eigenvalue weighted by Crippen LogP contribution is -2.38. The van der Waals surface area contributed by atoms with E-state index in [0.29, 0.717) is 0 Å². The van der Waals surface area contributed by atoms with E-state index in [0.717, 1.165) is 5.52 Å². The number of hydrogen-bond donors (Lipinski definition) is 0. The molecule has 0 aliphatic carbocycles. The first-order chi connectivity index (χ1) is 13.3. The number of benzene rings is 3. The molecule has 140 valence electrons. The Balaban J connectivity index is 1.97. The number of aromatic nitrogens is 2. The van der Waals surface area contributed by atoms with Crippen LogP contribution in [0.2, 0.25) is 19.6 Å². The molecule has 1 aliphatic rings. The summed E-state index contributed by atoms with van der Waals surface area (Å²) >= 11 is 1.94. The van der Waals surface area contributed by atoms with Crippen molar-refractivity contribution in [1.29, 1.82) is 0 Å². The number of aryl methyl sites for hydroxylation is 3. The van der Waals surface area contributed by atoms with Crippen molar-refractivity contribution in [2.45, 2.75) is 43.3 Å². The van der Waals surface area contributed by atoms with E-state index in [1.807, 2.05) is 18.1 Å². The van der Waals surface area contributed by atoms with Gasteiger partial charge in [0.2, 0.25) is 0 Å². The number of nitrogens with zero attached hydrogens (tertiary/aromatic N) is 2. The molecule has 0 atom stereocenters. The van der Waals surface area contributed by atoms with Crippen LogP contribution in [-0.2, 0) is 7.05 Å². The van der Waals surface area contributed by atoms with Crippen LogP contribution in [0.1, 0.15) is 11.1 Å². The summed E-state index contributed by atoms with van der Waals surface area (Å²) < 4.78 is 2.21. The third kappa shape index (κ3) is 2.41. The third-order valence-electron chi connectivity index (χ3n) is 6.03. The third-order valence-corrected chi connectivity index (χ3v) is 9.31. The monoisotopic (exact) mass is 401 g/mol. The SMILES string of the molecule is Cc1c2c(c(C)c3ccccc13)-c1c3c(cc([Si](C)(C)C)cc3nc[n+]1C)S2. The van der Waals surface area contributed by atoms with Gasteiger partial charge in [-0.05, 0) is 52.9 Å². The largest absolute Gasteiger partial charge is 0.287 e. The van der Waals surface area contributed by atoms with Crippen LogP contribution in [0.15, 0.2) is 52.5 Å². The summed E-state index contributed by atoms with van der Waals surface area (Å²) in [5, 5.41) is 5.51.